The molecule has 0 saturated carbocycles. The van der Waals surface area contributed by atoms with Crippen LogP contribution >= 0.6 is 0 Å². The summed E-state index contributed by atoms with van der Waals surface area (Å²) in [5.74, 6) is 0. The quantitative estimate of drug-likeness (QED) is 0.626. The minimum absolute atomic E-state index is 0.159. The number of nitrogens with one attached hydrogen (secondary N) is 2. The predicted octanol–water partition coefficient (Wildman–Crippen LogP) is 0.626. The van der Waals surface area contributed by atoms with E-state index >= 15 is 0 Å². The second-order valence-electron chi connectivity index (χ2n) is 4.17. The zero-order valence-electron chi connectivity index (χ0n) is 9.87. The molecule has 5 heteroatoms. The Morgan fingerprint density at radius 3 is 3.00 bits per heavy atom. The highest BCUT2D eigenvalue weighted by Crippen LogP contribution is 2.10. The lowest BCUT2D eigenvalue weighted by Crippen LogP contribution is -2.42. The van der Waals surface area contributed by atoms with Crippen LogP contribution < -0.4 is 10.6 Å². The monoisotopic (exact) mass is 230 g/mol. The summed E-state index contributed by atoms with van der Waals surface area (Å²) in [6, 6.07) is -0.231. The van der Waals surface area contributed by atoms with Crippen LogP contribution in [0.5, 0.6) is 0 Å². The molecular formula is C11H22N2O3. The van der Waals surface area contributed by atoms with Gasteiger partial charge in [-0.3, -0.25) is 0 Å². The van der Waals surface area contributed by atoms with Crippen molar-refractivity contribution in [1.29, 1.82) is 0 Å². The Hall–Kier alpha value is -0.810. The van der Waals surface area contributed by atoms with Crippen LogP contribution in [0.2, 0.25) is 0 Å². The fraction of sp³-hybridized carbons (Fsp3) is 0.909. The van der Waals surface area contributed by atoms with E-state index in [4.69, 9.17) is 4.74 Å². The third kappa shape index (κ3) is 5.32. The van der Waals surface area contributed by atoms with Crippen molar-refractivity contribution in [3.8, 4) is 0 Å². The molecule has 2 amide bonds. The number of hydrogen-bond donors (Lipinski definition) is 3. The van der Waals surface area contributed by atoms with Gasteiger partial charge in [0.1, 0.15) is 0 Å². The topological polar surface area (TPSA) is 70.6 Å². The van der Waals surface area contributed by atoms with Gasteiger partial charge in [-0.15, -0.1) is 0 Å². The molecular weight excluding hydrogens is 208 g/mol. The van der Waals surface area contributed by atoms with Gasteiger partial charge in [0.25, 0.3) is 0 Å². The summed E-state index contributed by atoms with van der Waals surface area (Å²) in [6.45, 7) is 3.66. The molecule has 1 aliphatic heterocycles. The average molecular weight is 230 g/mol. The minimum Gasteiger partial charge on any atom is -0.391 e. The summed E-state index contributed by atoms with van der Waals surface area (Å²) in [6.07, 6.45) is 3.43. The Labute approximate surface area is 96.6 Å². The molecule has 1 fully saturated rings. The maximum Gasteiger partial charge on any atom is 0.314 e. The second kappa shape index (κ2) is 7.46. The second-order valence-corrected chi connectivity index (χ2v) is 4.17. The highest BCUT2D eigenvalue weighted by Gasteiger charge is 2.16. The standard InChI is InChI=1S/C11H22N2O3/c1-2-4-9(14)7-12-11(15)13-8-10-5-3-6-16-10/h9-10,14H,2-8H2,1H3,(H2,12,13,15). The SMILES string of the molecule is CCCC(O)CNC(=O)NCC1CCCO1. The van der Waals surface area contributed by atoms with Crippen molar-refractivity contribution < 1.29 is 14.6 Å². The number of carbonyl (C=O) groups is 1. The van der Waals surface area contributed by atoms with E-state index in [0.29, 0.717) is 19.5 Å². The van der Waals surface area contributed by atoms with Gasteiger partial charge in [-0.2, -0.15) is 0 Å². The summed E-state index contributed by atoms with van der Waals surface area (Å²) in [5, 5.41) is 14.8. The lowest BCUT2D eigenvalue weighted by atomic mass is 10.2. The van der Waals surface area contributed by atoms with Crippen LogP contribution in [0.25, 0.3) is 0 Å². The van der Waals surface area contributed by atoms with Crippen LogP contribution in [-0.2, 0) is 4.74 Å². The Balaban J connectivity index is 2.01. The summed E-state index contributed by atoms with van der Waals surface area (Å²) in [7, 11) is 0. The summed E-state index contributed by atoms with van der Waals surface area (Å²) < 4.78 is 5.38. The van der Waals surface area contributed by atoms with Gasteiger partial charge in [0.2, 0.25) is 0 Å². The molecule has 2 atom stereocenters. The molecule has 0 radical (unpaired) electrons. The van der Waals surface area contributed by atoms with Crippen molar-refractivity contribution in [1.82, 2.24) is 10.6 Å². The molecule has 2 unspecified atom stereocenters. The number of carbonyl (C=O) groups excluding carboxylic acids is 1. The molecule has 1 aliphatic rings. The van der Waals surface area contributed by atoms with Gasteiger partial charge in [-0.25, -0.2) is 4.79 Å². The molecule has 16 heavy (non-hydrogen) atoms. The van der Waals surface area contributed by atoms with Crippen molar-refractivity contribution in [2.75, 3.05) is 19.7 Å². The fourth-order valence-corrected chi connectivity index (χ4v) is 1.72. The van der Waals surface area contributed by atoms with Gasteiger partial charge in [-0.05, 0) is 19.3 Å². The van der Waals surface area contributed by atoms with Crippen molar-refractivity contribution in [3.63, 3.8) is 0 Å². The first-order valence-electron chi connectivity index (χ1n) is 6.03. The number of aliphatic hydroxyl groups excluding tert-OH is 1. The molecule has 1 heterocycles. The van der Waals surface area contributed by atoms with Gasteiger partial charge in [-0.1, -0.05) is 13.3 Å². The van der Waals surface area contributed by atoms with Crippen LogP contribution in [0.15, 0.2) is 0 Å². The molecule has 0 aromatic rings. The Morgan fingerprint density at radius 2 is 2.38 bits per heavy atom. The molecule has 0 spiro atoms. The average Bonchev–Trinajstić information content (AvgIpc) is 2.77. The highest BCUT2D eigenvalue weighted by molar-refractivity contribution is 5.73. The number of hydrogen-bond acceptors (Lipinski definition) is 3. The Morgan fingerprint density at radius 1 is 1.56 bits per heavy atom. The largest absolute Gasteiger partial charge is 0.391 e. The fourth-order valence-electron chi connectivity index (χ4n) is 1.72. The van der Waals surface area contributed by atoms with E-state index in [0.717, 1.165) is 25.9 Å². The summed E-state index contributed by atoms with van der Waals surface area (Å²) >= 11 is 0. The van der Waals surface area contributed by atoms with E-state index in [1.165, 1.54) is 0 Å². The molecule has 3 N–H and O–H groups in total. The summed E-state index contributed by atoms with van der Waals surface area (Å²) in [4.78, 5) is 11.3. The van der Waals surface area contributed by atoms with Crippen LogP contribution in [0, 0.1) is 0 Å². The molecule has 0 aromatic carbocycles. The van der Waals surface area contributed by atoms with Crippen LogP contribution in [0.1, 0.15) is 32.6 Å². The zero-order chi connectivity index (χ0) is 11.8. The van der Waals surface area contributed by atoms with Crippen molar-refractivity contribution >= 4 is 6.03 Å². The van der Waals surface area contributed by atoms with Gasteiger partial charge in [0.05, 0.1) is 12.2 Å². The van der Waals surface area contributed by atoms with Gasteiger partial charge in [0.15, 0.2) is 0 Å². The smallest absolute Gasteiger partial charge is 0.314 e. The van der Waals surface area contributed by atoms with Gasteiger partial charge >= 0.3 is 6.03 Å². The number of aliphatic hydroxyl groups is 1. The third-order valence-corrected chi connectivity index (χ3v) is 2.63. The molecule has 0 aromatic heterocycles. The van der Waals surface area contributed by atoms with Crippen molar-refractivity contribution in [2.24, 2.45) is 0 Å². The number of amides is 2. The van der Waals surface area contributed by atoms with Gasteiger partial charge in [0, 0.05) is 19.7 Å². The van der Waals surface area contributed by atoms with E-state index in [1.807, 2.05) is 6.92 Å². The molecule has 94 valence electrons. The molecule has 1 rings (SSSR count). The number of urea groups is 1. The minimum atomic E-state index is -0.446. The van der Waals surface area contributed by atoms with E-state index < -0.39 is 6.10 Å². The van der Waals surface area contributed by atoms with Crippen LogP contribution in [0.4, 0.5) is 4.79 Å². The Kier molecular flexibility index (Phi) is 6.18. The molecule has 0 aliphatic carbocycles. The molecule has 5 nitrogen and oxygen atoms in total. The lowest BCUT2D eigenvalue weighted by molar-refractivity contribution is 0.111. The first-order chi connectivity index (χ1) is 7.72. The first-order valence-corrected chi connectivity index (χ1v) is 6.03. The number of rotatable bonds is 6. The van der Waals surface area contributed by atoms with Gasteiger partial charge < -0.3 is 20.5 Å². The maximum absolute atomic E-state index is 11.3. The maximum atomic E-state index is 11.3. The van der Waals surface area contributed by atoms with E-state index in [1.54, 1.807) is 0 Å². The highest BCUT2D eigenvalue weighted by atomic mass is 16.5. The summed E-state index contributed by atoms with van der Waals surface area (Å²) in [5.41, 5.74) is 0. The predicted molar refractivity (Wildman–Crippen MR) is 61.3 cm³/mol. The van der Waals surface area contributed by atoms with E-state index in [2.05, 4.69) is 10.6 Å². The van der Waals surface area contributed by atoms with Crippen molar-refractivity contribution in [2.45, 2.75) is 44.8 Å². The Bertz CT molecular complexity index is 205. The van der Waals surface area contributed by atoms with Crippen LogP contribution in [0.3, 0.4) is 0 Å². The van der Waals surface area contributed by atoms with E-state index in [-0.39, 0.29) is 12.1 Å². The molecule has 0 bridgehead atoms. The molecule has 1 saturated heterocycles. The normalized spacial score (nSPS) is 21.8. The van der Waals surface area contributed by atoms with Crippen molar-refractivity contribution in [3.05, 3.63) is 0 Å². The first kappa shape index (κ1) is 13.3. The van der Waals surface area contributed by atoms with Crippen LogP contribution in [-0.4, -0.2) is 43.0 Å². The lowest BCUT2D eigenvalue weighted by Gasteiger charge is -2.13. The number of ether oxygens (including phenoxy) is 1. The zero-order valence-corrected chi connectivity index (χ0v) is 9.87. The third-order valence-electron chi connectivity index (χ3n) is 2.63. The van der Waals surface area contributed by atoms with E-state index in [9.17, 15) is 9.90 Å².